The quantitative estimate of drug-likeness (QED) is 0.871. The van der Waals surface area contributed by atoms with E-state index in [1.165, 1.54) is 36.4 Å². The van der Waals surface area contributed by atoms with E-state index < -0.39 is 32.9 Å². The van der Waals surface area contributed by atoms with Crippen LogP contribution in [0.15, 0.2) is 53.4 Å². The number of alkyl halides is 3. The Kier molecular flexibility index (Phi) is 4.93. The van der Waals surface area contributed by atoms with Crippen molar-refractivity contribution in [3.05, 3.63) is 54.1 Å². The molecule has 0 atom stereocenters. The third-order valence-corrected chi connectivity index (χ3v) is 5.03. The Morgan fingerprint density at radius 3 is 2.24 bits per heavy atom. The molecule has 2 aromatic carbocycles. The van der Waals surface area contributed by atoms with E-state index in [9.17, 15) is 26.4 Å². The molecule has 134 valence electrons. The SMILES string of the molecule is CN(c1ccccc1C(N)=O)S(=O)(=O)c1ccccc1OC(F)(F)F. The van der Waals surface area contributed by atoms with Gasteiger partial charge in [-0.3, -0.25) is 9.10 Å². The van der Waals surface area contributed by atoms with Gasteiger partial charge in [-0.2, -0.15) is 0 Å². The Morgan fingerprint density at radius 1 is 1.08 bits per heavy atom. The third-order valence-electron chi connectivity index (χ3n) is 3.22. The lowest BCUT2D eigenvalue weighted by atomic mass is 10.2. The molecule has 0 heterocycles. The number of carbonyl (C=O) groups excluding carboxylic acids is 1. The van der Waals surface area contributed by atoms with Gasteiger partial charge < -0.3 is 10.5 Å². The number of rotatable bonds is 5. The lowest BCUT2D eigenvalue weighted by Crippen LogP contribution is -2.30. The van der Waals surface area contributed by atoms with Gasteiger partial charge in [0, 0.05) is 7.05 Å². The largest absolute Gasteiger partial charge is 0.573 e. The van der Waals surface area contributed by atoms with Gasteiger partial charge in [-0.15, -0.1) is 13.2 Å². The van der Waals surface area contributed by atoms with Crippen molar-refractivity contribution in [2.45, 2.75) is 11.3 Å². The monoisotopic (exact) mass is 374 g/mol. The van der Waals surface area contributed by atoms with E-state index in [1.54, 1.807) is 0 Å². The molecule has 2 aromatic rings. The molecule has 0 aliphatic heterocycles. The van der Waals surface area contributed by atoms with E-state index in [0.29, 0.717) is 4.31 Å². The number of anilines is 1. The standard InChI is InChI=1S/C15H13F3N2O4S/c1-20(11-7-3-2-6-10(11)14(19)21)25(22,23)13-9-5-4-8-12(13)24-15(16,17)18/h2-9H,1H3,(H2,19,21). The van der Waals surface area contributed by atoms with Crippen molar-refractivity contribution >= 4 is 21.6 Å². The minimum absolute atomic E-state index is 0.0724. The van der Waals surface area contributed by atoms with Crippen LogP contribution in [0.5, 0.6) is 5.75 Å². The van der Waals surface area contributed by atoms with Gasteiger partial charge in [0.25, 0.3) is 15.9 Å². The van der Waals surface area contributed by atoms with Crippen LogP contribution >= 0.6 is 0 Å². The summed E-state index contributed by atoms with van der Waals surface area (Å²) in [6.07, 6.45) is -5.06. The minimum Gasteiger partial charge on any atom is -0.404 e. The van der Waals surface area contributed by atoms with E-state index in [4.69, 9.17) is 5.73 Å². The molecule has 2 N–H and O–H groups in total. The number of para-hydroxylation sites is 2. The topological polar surface area (TPSA) is 89.7 Å². The van der Waals surface area contributed by atoms with Crippen LogP contribution in [0.25, 0.3) is 0 Å². The Morgan fingerprint density at radius 2 is 1.64 bits per heavy atom. The number of halogens is 3. The van der Waals surface area contributed by atoms with E-state index in [-0.39, 0.29) is 11.3 Å². The summed E-state index contributed by atoms with van der Waals surface area (Å²) >= 11 is 0. The van der Waals surface area contributed by atoms with Crippen molar-refractivity contribution in [3.63, 3.8) is 0 Å². The van der Waals surface area contributed by atoms with Gasteiger partial charge in [0.1, 0.15) is 10.6 Å². The molecule has 0 aliphatic carbocycles. The van der Waals surface area contributed by atoms with Gasteiger partial charge in [-0.1, -0.05) is 24.3 Å². The lowest BCUT2D eigenvalue weighted by molar-refractivity contribution is -0.275. The highest BCUT2D eigenvalue weighted by Crippen LogP contribution is 2.33. The maximum Gasteiger partial charge on any atom is 0.573 e. The zero-order valence-corrected chi connectivity index (χ0v) is 13.6. The number of hydrogen-bond acceptors (Lipinski definition) is 4. The van der Waals surface area contributed by atoms with E-state index in [0.717, 1.165) is 19.2 Å². The van der Waals surface area contributed by atoms with Crippen molar-refractivity contribution in [2.24, 2.45) is 5.73 Å². The molecule has 0 unspecified atom stereocenters. The Bertz CT molecular complexity index is 898. The number of carbonyl (C=O) groups is 1. The van der Waals surface area contributed by atoms with Gasteiger partial charge in [-0.25, -0.2) is 8.42 Å². The fourth-order valence-electron chi connectivity index (χ4n) is 2.11. The fourth-order valence-corrected chi connectivity index (χ4v) is 3.43. The Hall–Kier alpha value is -2.75. The van der Waals surface area contributed by atoms with Gasteiger partial charge >= 0.3 is 6.36 Å². The molecule has 0 radical (unpaired) electrons. The number of ether oxygens (including phenoxy) is 1. The number of sulfonamides is 1. The summed E-state index contributed by atoms with van der Waals surface area (Å²) in [4.78, 5) is 10.8. The predicted molar refractivity (Wildman–Crippen MR) is 83.7 cm³/mol. The maximum absolute atomic E-state index is 12.7. The molecule has 2 rings (SSSR count). The highest BCUT2D eigenvalue weighted by atomic mass is 32.2. The van der Waals surface area contributed by atoms with Crippen LogP contribution in [0.3, 0.4) is 0 Å². The van der Waals surface area contributed by atoms with Gasteiger partial charge in [0.05, 0.1) is 11.3 Å². The molecule has 10 heteroatoms. The van der Waals surface area contributed by atoms with Gasteiger partial charge in [0.15, 0.2) is 0 Å². The summed E-state index contributed by atoms with van der Waals surface area (Å²) in [6, 6.07) is 9.87. The summed E-state index contributed by atoms with van der Waals surface area (Å²) in [7, 11) is -3.35. The molecule has 0 bridgehead atoms. The molecular formula is C15H13F3N2O4S. The van der Waals surface area contributed by atoms with Crippen LogP contribution in [0.4, 0.5) is 18.9 Å². The average Bonchev–Trinajstić information content (AvgIpc) is 2.53. The first-order valence-corrected chi connectivity index (χ1v) is 8.20. The highest BCUT2D eigenvalue weighted by molar-refractivity contribution is 7.93. The minimum atomic E-state index is -5.06. The average molecular weight is 374 g/mol. The summed E-state index contributed by atoms with van der Waals surface area (Å²) in [5, 5.41) is 0. The molecule has 0 fully saturated rings. The van der Waals surface area contributed by atoms with Crippen molar-refractivity contribution in [1.82, 2.24) is 0 Å². The summed E-state index contributed by atoms with van der Waals surface area (Å²) < 4.78 is 67.5. The normalized spacial score (nSPS) is 11.8. The number of amides is 1. The number of benzene rings is 2. The highest BCUT2D eigenvalue weighted by Gasteiger charge is 2.35. The molecular weight excluding hydrogens is 361 g/mol. The molecule has 25 heavy (non-hydrogen) atoms. The zero-order valence-electron chi connectivity index (χ0n) is 12.8. The number of primary amides is 1. The Labute approximate surface area is 141 Å². The Balaban J connectivity index is 2.55. The van der Waals surface area contributed by atoms with E-state index >= 15 is 0 Å². The summed E-state index contributed by atoms with van der Waals surface area (Å²) in [6.45, 7) is 0. The van der Waals surface area contributed by atoms with E-state index in [2.05, 4.69) is 4.74 Å². The first-order chi connectivity index (χ1) is 11.5. The molecule has 6 nitrogen and oxygen atoms in total. The second-order valence-electron chi connectivity index (χ2n) is 4.85. The van der Waals surface area contributed by atoms with Crippen molar-refractivity contribution in [1.29, 1.82) is 0 Å². The molecule has 0 saturated carbocycles. The molecule has 0 saturated heterocycles. The smallest absolute Gasteiger partial charge is 0.404 e. The second kappa shape index (κ2) is 6.63. The van der Waals surface area contributed by atoms with Crippen molar-refractivity contribution < 1.29 is 31.1 Å². The van der Waals surface area contributed by atoms with Crippen LogP contribution in [0, 0.1) is 0 Å². The summed E-state index contributed by atoms with van der Waals surface area (Å²) in [5.74, 6) is -1.75. The maximum atomic E-state index is 12.7. The number of nitrogens with two attached hydrogens (primary N) is 1. The molecule has 0 spiro atoms. The van der Waals surface area contributed by atoms with Crippen LogP contribution in [-0.2, 0) is 10.0 Å². The summed E-state index contributed by atoms with van der Waals surface area (Å²) in [5.41, 5.74) is 5.05. The molecule has 0 aromatic heterocycles. The first kappa shape index (κ1) is 18.6. The van der Waals surface area contributed by atoms with Crippen molar-refractivity contribution in [2.75, 3.05) is 11.4 Å². The first-order valence-electron chi connectivity index (χ1n) is 6.76. The second-order valence-corrected chi connectivity index (χ2v) is 6.79. The van der Waals surface area contributed by atoms with Gasteiger partial charge in [-0.05, 0) is 24.3 Å². The predicted octanol–water partition coefficient (Wildman–Crippen LogP) is 2.51. The lowest BCUT2D eigenvalue weighted by Gasteiger charge is -2.23. The fraction of sp³-hybridized carbons (Fsp3) is 0.133. The number of hydrogen-bond donors (Lipinski definition) is 1. The van der Waals surface area contributed by atoms with E-state index in [1.807, 2.05) is 0 Å². The van der Waals surface area contributed by atoms with Crippen LogP contribution in [0.2, 0.25) is 0 Å². The van der Waals surface area contributed by atoms with Gasteiger partial charge in [0.2, 0.25) is 0 Å². The number of nitrogens with zero attached hydrogens (tertiary/aromatic N) is 1. The zero-order chi connectivity index (χ0) is 18.8. The van der Waals surface area contributed by atoms with Crippen molar-refractivity contribution in [3.8, 4) is 5.75 Å². The molecule has 0 aliphatic rings. The van der Waals surface area contributed by atoms with Crippen LogP contribution < -0.4 is 14.8 Å². The third kappa shape index (κ3) is 4.02. The molecule has 1 amide bonds. The van der Waals surface area contributed by atoms with Crippen LogP contribution in [0.1, 0.15) is 10.4 Å². The van der Waals surface area contributed by atoms with Crippen LogP contribution in [-0.4, -0.2) is 27.7 Å².